The van der Waals surface area contributed by atoms with E-state index in [1.165, 1.54) is 12.1 Å². The number of rotatable bonds is 0. The Morgan fingerprint density at radius 1 is 0.578 bits per heavy atom. The summed E-state index contributed by atoms with van der Waals surface area (Å²) in [6.45, 7) is 10.4. The van der Waals surface area contributed by atoms with Crippen LogP contribution < -0.4 is 20.4 Å². The molecule has 8 nitrogen and oxygen atoms in total. The van der Waals surface area contributed by atoms with Crippen molar-refractivity contribution in [2.75, 3.05) is 0 Å². The number of allylic oxidation sites excluding steroid dienone is 4. The van der Waals surface area contributed by atoms with Crippen molar-refractivity contribution >= 4 is 23.1 Å². The van der Waals surface area contributed by atoms with Crippen LogP contribution >= 0.6 is 0 Å². The molecule has 0 N–H and O–H groups in total. The first-order valence-corrected chi connectivity index (χ1v) is 15.0. The van der Waals surface area contributed by atoms with Crippen LogP contribution in [0.2, 0.25) is 0 Å². The van der Waals surface area contributed by atoms with Gasteiger partial charge in [0.1, 0.15) is 0 Å². The molecule has 2 aromatic carbocycles. The summed E-state index contributed by atoms with van der Waals surface area (Å²) in [6, 6.07) is 9.01. The molecule has 0 saturated heterocycles. The summed E-state index contributed by atoms with van der Waals surface area (Å²) in [6.07, 6.45) is 5.61. The van der Waals surface area contributed by atoms with Gasteiger partial charge in [-0.2, -0.15) is 0 Å². The third-order valence-electron chi connectivity index (χ3n) is 7.92. The zero-order valence-corrected chi connectivity index (χ0v) is 28.2. The smallest absolute Gasteiger partial charge is 0.872 e. The minimum atomic E-state index is -0.417. The van der Waals surface area contributed by atoms with Crippen LogP contribution in [0, 0.1) is 23.7 Å². The van der Waals surface area contributed by atoms with Gasteiger partial charge in [-0.25, -0.2) is 0 Å². The van der Waals surface area contributed by atoms with Gasteiger partial charge < -0.3 is 20.4 Å². The summed E-state index contributed by atoms with van der Waals surface area (Å²) >= 11 is 0. The normalized spacial score (nSPS) is 22.7. The molecular formula is C36H40O8Ti. The third-order valence-corrected chi connectivity index (χ3v) is 7.92. The molecular weight excluding hydrogens is 608 g/mol. The maximum atomic E-state index is 12.4. The molecule has 4 aliphatic carbocycles. The standard InChI is InChI=1S/2C15H14O3.2C3H7O.Ti/c2*1-8-5-6-9-11(7-8)14(17)10-3-2-4-12(16)13(10)15(9)18;2*1-3(2)4;/h2*2-5,9,11,16H,6-7H2,1H3;2*3H,1-2H3;/q;;2*-1;+4/p-2/t2*9-,11+;;;/m00.../s1. The molecule has 0 unspecified atom stereocenters. The van der Waals surface area contributed by atoms with Crippen molar-refractivity contribution in [3.63, 3.8) is 0 Å². The number of hydrogen-bond acceptors (Lipinski definition) is 8. The molecule has 4 aliphatic rings. The fourth-order valence-electron chi connectivity index (χ4n) is 6.01. The zero-order chi connectivity index (χ0) is 32.9. The van der Waals surface area contributed by atoms with Gasteiger partial charge in [0.05, 0.1) is 0 Å². The molecule has 0 heterocycles. The number of hydrogen-bond donors (Lipinski definition) is 0. The first-order chi connectivity index (χ1) is 20.6. The van der Waals surface area contributed by atoms with Gasteiger partial charge in [0.25, 0.3) is 0 Å². The second-order valence-electron chi connectivity index (χ2n) is 12.3. The number of benzene rings is 2. The Hall–Kier alpha value is -3.17. The van der Waals surface area contributed by atoms with E-state index in [0.29, 0.717) is 36.8 Å². The monoisotopic (exact) mass is 648 g/mol. The van der Waals surface area contributed by atoms with Crippen LogP contribution in [0.1, 0.15) is 109 Å². The summed E-state index contributed by atoms with van der Waals surface area (Å²) in [5, 5.41) is 42.6. The minimum Gasteiger partial charge on any atom is -0.872 e. The summed E-state index contributed by atoms with van der Waals surface area (Å²) < 4.78 is 0. The summed E-state index contributed by atoms with van der Waals surface area (Å²) in [7, 11) is 0. The predicted molar refractivity (Wildman–Crippen MR) is 159 cm³/mol. The first-order valence-electron chi connectivity index (χ1n) is 15.0. The summed E-state index contributed by atoms with van der Waals surface area (Å²) in [5.41, 5.74) is 3.17. The molecule has 0 saturated carbocycles. The van der Waals surface area contributed by atoms with Crippen molar-refractivity contribution in [3.05, 3.63) is 82.0 Å². The molecule has 9 heteroatoms. The Bertz CT molecular complexity index is 1370. The molecule has 4 atom stereocenters. The molecule has 0 amide bonds. The molecule has 0 spiro atoms. The molecule has 236 valence electrons. The Labute approximate surface area is 280 Å². The quantitative estimate of drug-likeness (QED) is 0.309. The number of ketones is 4. The van der Waals surface area contributed by atoms with Gasteiger partial charge in [0.2, 0.25) is 0 Å². The zero-order valence-electron chi connectivity index (χ0n) is 26.7. The van der Waals surface area contributed by atoms with Crippen molar-refractivity contribution in [2.24, 2.45) is 23.7 Å². The van der Waals surface area contributed by atoms with Crippen LogP contribution in [0.3, 0.4) is 0 Å². The van der Waals surface area contributed by atoms with Crippen molar-refractivity contribution in [2.45, 2.75) is 79.4 Å². The number of carbonyl (C=O) groups is 4. The van der Waals surface area contributed by atoms with Crippen LogP contribution in [-0.2, 0) is 21.7 Å². The van der Waals surface area contributed by atoms with Crippen LogP contribution in [0.25, 0.3) is 0 Å². The van der Waals surface area contributed by atoms with E-state index < -0.39 is 12.2 Å². The summed E-state index contributed by atoms with van der Waals surface area (Å²) in [4.78, 5) is 49.4. The van der Waals surface area contributed by atoms with Crippen molar-refractivity contribution in [3.8, 4) is 11.5 Å². The maximum Gasteiger partial charge on any atom is 4.00 e. The molecule has 6 rings (SSSR count). The summed E-state index contributed by atoms with van der Waals surface area (Å²) in [5.74, 6) is -2.22. The average Bonchev–Trinajstić information content (AvgIpc) is 2.94. The van der Waals surface area contributed by atoms with E-state index in [1.807, 2.05) is 26.0 Å². The van der Waals surface area contributed by atoms with Gasteiger partial charge >= 0.3 is 21.7 Å². The molecule has 0 radical (unpaired) electrons. The second-order valence-corrected chi connectivity index (χ2v) is 12.3. The van der Waals surface area contributed by atoms with Crippen molar-refractivity contribution in [1.82, 2.24) is 0 Å². The maximum absolute atomic E-state index is 12.4. The largest absolute Gasteiger partial charge is 4.00 e. The molecule has 0 aromatic heterocycles. The van der Waals surface area contributed by atoms with Crippen LogP contribution in [0.15, 0.2) is 59.7 Å². The fourth-order valence-corrected chi connectivity index (χ4v) is 6.01. The van der Waals surface area contributed by atoms with E-state index in [0.717, 1.165) is 11.1 Å². The van der Waals surface area contributed by atoms with Gasteiger partial charge in [-0.15, -0.1) is 12.2 Å². The molecule has 2 aromatic rings. The minimum absolute atomic E-state index is 0. The first kappa shape index (κ1) is 38.0. The predicted octanol–water partition coefficient (Wildman–Crippen LogP) is 3.73. The van der Waals surface area contributed by atoms with E-state index >= 15 is 0 Å². The van der Waals surface area contributed by atoms with E-state index in [-0.39, 0.29) is 91.1 Å². The second kappa shape index (κ2) is 16.4. The fraction of sp³-hybridized carbons (Fsp3) is 0.444. The number of Topliss-reactive ketones (excluding diaryl/α,β-unsaturated/α-hetero) is 4. The molecule has 45 heavy (non-hydrogen) atoms. The molecule has 0 bridgehead atoms. The van der Waals surface area contributed by atoms with Crippen LogP contribution in [0.4, 0.5) is 0 Å². The Morgan fingerprint density at radius 2 is 0.889 bits per heavy atom. The molecule has 0 fully saturated rings. The molecule has 0 aliphatic heterocycles. The van der Waals surface area contributed by atoms with E-state index in [1.54, 1.807) is 52.0 Å². The Balaban J connectivity index is 0.000000250. The topological polar surface area (TPSA) is 161 Å². The third kappa shape index (κ3) is 8.98. The van der Waals surface area contributed by atoms with Gasteiger partial charge in [0, 0.05) is 45.9 Å². The Kier molecular flexibility index (Phi) is 13.9. The number of carbonyl (C=O) groups excluding carboxylic acids is 4. The van der Waals surface area contributed by atoms with Gasteiger partial charge in [-0.3, -0.25) is 19.2 Å². The van der Waals surface area contributed by atoms with Crippen molar-refractivity contribution < 1.29 is 61.3 Å². The van der Waals surface area contributed by atoms with Crippen molar-refractivity contribution in [1.29, 1.82) is 0 Å². The Morgan fingerprint density at radius 3 is 1.20 bits per heavy atom. The van der Waals surface area contributed by atoms with Crippen LogP contribution in [-0.4, -0.2) is 35.3 Å². The van der Waals surface area contributed by atoms with Crippen LogP contribution in [0.5, 0.6) is 11.5 Å². The SMILES string of the molecule is CC(C)[O-].CC(C)[O-].CC1=CC[C@@H]2C(=O)c3c([O-])cccc3C(=O)[C@@H]2C1.CC1=CC[C@@H]2C(=O)c3c([O-])cccc3C(=O)[C@@H]2C1.[Ti+4]. The van der Waals surface area contributed by atoms with E-state index in [4.69, 9.17) is 0 Å². The van der Waals surface area contributed by atoms with Gasteiger partial charge in [-0.1, -0.05) is 98.9 Å². The van der Waals surface area contributed by atoms with E-state index in [9.17, 15) is 39.6 Å². The van der Waals surface area contributed by atoms with Gasteiger partial charge in [-0.05, 0) is 39.5 Å². The van der Waals surface area contributed by atoms with Gasteiger partial charge in [0.15, 0.2) is 23.1 Å². The van der Waals surface area contributed by atoms with E-state index in [2.05, 4.69) is 0 Å². The number of fused-ring (bicyclic) bond motifs is 4. The average molecular weight is 649 g/mol.